The number of nitrogens with zero attached hydrogens (tertiary/aromatic N) is 4. The van der Waals surface area contributed by atoms with Crippen LogP contribution in [0.5, 0.6) is 0 Å². The molecule has 2 aromatic heterocycles. The summed E-state index contributed by atoms with van der Waals surface area (Å²) >= 11 is 13.9. The zero-order valence-electron chi connectivity index (χ0n) is 25.3. The molecule has 3 aromatic rings. The van der Waals surface area contributed by atoms with Crippen molar-refractivity contribution in [1.29, 1.82) is 0 Å². The first-order valence-electron chi connectivity index (χ1n) is 15.6. The van der Waals surface area contributed by atoms with Crippen LogP contribution in [0.4, 0.5) is 0 Å². The molecule has 0 N–H and O–H groups in total. The molecule has 2 aliphatic heterocycles. The lowest BCUT2D eigenvalue weighted by atomic mass is 9.76. The standard InChI is InChI=1S/C34H37Br2ClN4O4/c1-45-34(44)28-3-2-10-41(28)20-30(43)40-11-6-21(7-12-40)15-29(42)39-13-8-22(9-14-39)32-31-23(17-26(37)18-27(31)36)4-5-24-16-25(35)19-38-33(24)32/h2-3,10,16-19,21-22,32H,4-9,11-15,20H2,1H3/t32-/m1/s1. The van der Waals surface area contributed by atoms with Crippen molar-refractivity contribution < 1.29 is 19.1 Å². The van der Waals surface area contributed by atoms with Gasteiger partial charge < -0.3 is 19.1 Å². The molecule has 2 saturated heterocycles. The summed E-state index contributed by atoms with van der Waals surface area (Å²) in [4.78, 5) is 47.2. The number of esters is 1. The lowest BCUT2D eigenvalue weighted by Crippen LogP contribution is -2.43. The fourth-order valence-electron chi connectivity index (χ4n) is 7.36. The van der Waals surface area contributed by atoms with Crippen molar-refractivity contribution in [3.8, 4) is 0 Å². The molecule has 0 saturated carbocycles. The van der Waals surface area contributed by atoms with Crippen LogP contribution in [0, 0.1) is 11.8 Å². The average molecular weight is 761 g/mol. The van der Waals surface area contributed by atoms with E-state index in [-0.39, 0.29) is 30.2 Å². The molecule has 0 radical (unpaired) electrons. The number of likely N-dealkylation sites (tertiary alicyclic amines) is 2. The van der Waals surface area contributed by atoms with E-state index in [0.717, 1.165) is 71.3 Å². The third-order valence-electron chi connectivity index (χ3n) is 9.74. The summed E-state index contributed by atoms with van der Waals surface area (Å²) < 4.78 is 8.47. The highest BCUT2D eigenvalue weighted by atomic mass is 79.9. The van der Waals surface area contributed by atoms with E-state index in [1.807, 2.05) is 22.1 Å². The molecule has 2 amide bonds. The summed E-state index contributed by atoms with van der Waals surface area (Å²) in [5, 5.41) is 0.740. The number of carbonyl (C=O) groups is 3. The lowest BCUT2D eigenvalue weighted by Gasteiger charge is -2.38. The minimum Gasteiger partial charge on any atom is -0.464 e. The van der Waals surface area contributed by atoms with Crippen molar-refractivity contribution >= 4 is 61.2 Å². The van der Waals surface area contributed by atoms with Gasteiger partial charge in [0.25, 0.3) is 0 Å². The predicted octanol–water partition coefficient (Wildman–Crippen LogP) is 6.65. The van der Waals surface area contributed by atoms with Crippen molar-refractivity contribution in [3.05, 3.63) is 84.8 Å². The number of hydrogen-bond acceptors (Lipinski definition) is 5. The van der Waals surface area contributed by atoms with Gasteiger partial charge in [0, 0.05) is 64.9 Å². The molecule has 3 aliphatic rings. The van der Waals surface area contributed by atoms with Crippen LogP contribution in [0.15, 0.2) is 51.7 Å². The number of hydrogen-bond donors (Lipinski definition) is 0. The molecule has 2 fully saturated rings. The van der Waals surface area contributed by atoms with Gasteiger partial charge in [0.1, 0.15) is 12.2 Å². The molecular formula is C34H37Br2ClN4O4. The van der Waals surface area contributed by atoms with Gasteiger partial charge in [0.15, 0.2) is 0 Å². The Hall–Kier alpha value is -2.69. The van der Waals surface area contributed by atoms with E-state index in [9.17, 15) is 14.4 Å². The monoisotopic (exact) mass is 758 g/mol. The quantitative estimate of drug-likeness (QED) is 0.263. The largest absolute Gasteiger partial charge is 0.464 e. The van der Waals surface area contributed by atoms with Crippen LogP contribution in [0.2, 0.25) is 5.02 Å². The number of amides is 2. The number of methoxy groups -OCH3 is 1. The van der Waals surface area contributed by atoms with E-state index < -0.39 is 5.97 Å². The van der Waals surface area contributed by atoms with Crippen LogP contribution < -0.4 is 0 Å². The Morgan fingerprint density at radius 2 is 1.64 bits per heavy atom. The van der Waals surface area contributed by atoms with Crippen molar-refractivity contribution in [2.45, 2.75) is 57.4 Å². The molecule has 11 heteroatoms. The Balaban J connectivity index is 1.05. The van der Waals surface area contributed by atoms with Crippen molar-refractivity contribution in [1.82, 2.24) is 19.4 Å². The summed E-state index contributed by atoms with van der Waals surface area (Å²) in [7, 11) is 1.33. The minimum atomic E-state index is -0.458. The van der Waals surface area contributed by atoms with Crippen molar-refractivity contribution in [3.63, 3.8) is 0 Å². The second-order valence-electron chi connectivity index (χ2n) is 12.4. The number of piperidine rings is 2. The highest BCUT2D eigenvalue weighted by Gasteiger charge is 2.37. The summed E-state index contributed by atoms with van der Waals surface area (Å²) in [5.74, 6) is 0.503. The molecule has 45 heavy (non-hydrogen) atoms. The molecule has 1 aliphatic carbocycles. The molecule has 1 atom stereocenters. The molecule has 4 heterocycles. The van der Waals surface area contributed by atoms with Gasteiger partial charge in [-0.15, -0.1) is 0 Å². The van der Waals surface area contributed by atoms with Gasteiger partial charge in [0.2, 0.25) is 11.8 Å². The summed E-state index contributed by atoms with van der Waals surface area (Å²) in [5.41, 5.74) is 5.34. The van der Waals surface area contributed by atoms with Gasteiger partial charge in [-0.05, 0) is 113 Å². The zero-order valence-corrected chi connectivity index (χ0v) is 29.2. The van der Waals surface area contributed by atoms with E-state index in [1.165, 1.54) is 23.8 Å². The number of carbonyl (C=O) groups excluding carboxylic acids is 3. The average Bonchev–Trinajstić information content (AvgIpc) is 3.43. The first-order valence-corrected chi connectivity index (χ1v) is 17.6. The maximum atomic E-state index is 13.4. The Bertz CT molecular complexity index is 1590. The number of pyridine rings is 1. The molecule has 238 valence electrons. The van der Waals surface area contributed by atoms with Crippen LogP contribution in [-0.4, -0.2) is 70.4 Å². The lowest BCUT2D eigenvalue weighted by molar-refractivity contribution is -0.135. The number of halogens is 3. The third kappa shape index (κ3) is 7.03. The first-order chi connectivity index (χ1) is 21.7. The number of fused-ring (bicyclic) bond motifs is 2. The normalized spacial score (nSPS) is 19.1. The highest BCUT2D eigenvalue weighted by molar-refractivity contribution is 9.10. The van der Waals surface area contributed by atoms with Gasteiger partial charge in [-0.25, -0.2) is 4.79 Å². The Morgan fingerprint density at radius 1 is 0.956 bits per heavy atom. The van der Waals surface area contributed by atoms with Gasteiger partial charge in [-0.3, -0.25) is 14.6 Å². The van der Waals surface area contributed by atoms with E-state index in [0.29, 0.717) is 31.1 Å². The molecule has 1 aromatic carbocycles. The topological polar surface area (TPSA) is 84.7 Å². The maximum absolute atomic E-state index is 13.4. The van der Waals surface area contributed by atoms with Crippen LogP contribution in [-0.2, 0) is 33.7 Å². The molecule has 6 rings (SSSR count). The fraction of sp³-hybridized carbons (Fsp3) is 0.471. The van der Waals surface area contributed by atoms with Gasteiger partial charge in [-0.1, -0.05) is 27.5 Å². The van der Waals surface area contributed by atoms with E-state index in [1.54, 1.807) is 22.9 Å². The second kappa shape index (κ2) is 14.0. The highest BCUT2D eigenvalue weighted by Crippen LogP contribution is 2.46. The summed E-state index contributed by atoms with van der Waals surface area (Å²) in [6.07, 6.45) is 9.41. The Kier molecular flexibility index (Phi) is 10.0. The maximum Gasteiger partial charge on any atom is 0.354 e. The molecular weight excluding hydrogens is 724 g/mol. The summed E-state index contributed by atoms with van der Waals surface area (Å²) in [6.45, 7) is 2.82. The minimum absolute atomic E-state index is 0.0272. The molecule has 0 bridgehead atoms. The van der Waals surface area contributed by atoms with E-state index >= 15 is 0 Å². The molecule has 0 spiro atoms. The Labute approximate surface area is 285 Å². The smallest absolute Gasteiger partial charge is 0.354 e. The number of rotatable bonds is 6. The van der Waals surface area contributed by atoms with E-state index in [2.05, 4.69) is 44.0 Å². The van der Waals surface area contributed by atoms with Gasteiger partial charge >= 0.3 is 5.97 Å². The predicted molar refractivity (Wildman–Crippen MR) is 179 cm³/mol. The number of aryl methyl sites for hydroxylation is 2. The van der Waals surface area contributed by atoms with Crippen molar-refractivity contribution in [2.24, 2.45) is 11.8 Å². The third-order valence-corrected chi connectivity index (χ3v) is 11.0. The van der Waals surface area contributed by atoms with E-state index in [4.69, 9.17) is 21.3 Å². The van der Waals surface area contributed by atoms with Crippen LogP contribution in [0.25, 0.3) is 0 Å². The Morgan fingerprint density at radius 3 is 2.38 bits per heavy atom. The van der Waals surface area contributed by atoms with Crippen molar-refractivity contribution in [2.75, 3.05) is 33.3 Å². The van der Waals surface area contributed by atoms with Crippen LogP contribution in [0.3, 0.4) is 0 Å². The zero-order chi connectivity index (χ0) is 31.7. The molecule has 8 nitrogen and oxygen atoms in total. The first kappa shape index (κ1) is 32.3. The van der Waals surface area contributed by atoms with Crippen LogP contribution in [0.1, 0.15) is 70.9 Å². The van der Waals surface area contributed by atoms with Crippen LogP contribution >= 0.6 is 43.5 Å². The summed E-state index contributed by atoms with van der Waals surface area (Å²) in [6, 6.07) is 9.69. The van der Waals surface area contributed by atoms with Gasteiger partial charge in [-0.2, -0.15) is 0 Å². The number of aromatic nitrogens is 2. The molecule has 0 unspecified atom stereocenters. The fourth-order valence-corrected chi connectivity index (χ4v) is 8.86. The number of benzene rings is 1. The van der Waals surface area contributed by atoms with Gasteiger partial charge in [0.05, 0.1) is 12.8 Å². The number of ether oxygens (including phenoxy) is 1. The second-order valence-corrected chi connectivity index (χ2v) is 14.6. The SMILES string of the molecule is COC(=O)c1cccn1CC(=O)N1CCC(CC(=O)N2CCC([C@H]3c4ncc(Br)cc4CCc4cc(Cl)cc(Br)c43)CC2)CC1.